The zero-order chi connectivity index (χ0) is 17.5. The fourth-order valence-corrected chi connectivity index (χ4v) is 2.28. The van der Waals surface area contributed by atoms with E-state index in [0.29, 0.717) is 23.4 Å². The van der Waals surface area contributed by atoms with Crippen LogP contribution in [0.25, 0.3) is 0 Å². The minimum Gasteiger partial charge on any atom is -0.481 e. The number of ether oxygens (including phenoxy) is 1. The SMILES string of the molecule is CCC(Oc1cccc(C)c1)C(=O)Nc1cccc(C(=O)NC)c1. The number of anilines is 1. The van der Waals surface area contributed by atoms with Crippen LogP contribution in [0.1, 0.15) is 29.3 Å². The van der Waals surface area contributed by atoms with Gasteiger partial charge >= 0.3 is 0 Å². The van der Waals surface area contributed by atoms with Gasteiger partial charge in [-0.25, -0.2) is 0 Å². The quantitative estimate of drug-likeness (QED) is 0.857. The zero-order valence-corrected chi connectivity index (χ0v) is 14.1. The maximum atomic E-state index is 12.4. The minimum atomic E-state index is -0.601. The normalized spacial score (nSPS) is 11.5. The number of aryl methyl sites for hydroxylation is 1. The molecule has 0 aliphatic rings. The van der Waals surface area contributed by atoms with E-state index in [-0.39, 0.29) is 11.8 Å². The highest BCUT2D eigenvalue weighted by Gasteiger charge is 2.19. The Bertz CT molecular complexity index is 728. The summed E-state index contributed by atoms with van der Waals surface area (Å²) in [6.45, 7) is 3.86. The van der Waals surface area contributed by atoms with Crippen LogP contribution in [0.5, 0.6) is 5.75 Å². The maximum Gasteiger partial charge on any atom is 0.265 e. The van der Waals surface area contributed by atoms with Gasteiger partial charge < -0.3 is 15.4 Å². The number of nitrogens with one attached hydrogen (secondary N) is 2. The van der Waals surface area contributed by atoms with Crippen molar-refractivity contribution in [3.8, 4) is 5.75 Å². The molecule has 2 aromatic rings. The Morgan fingerprint density at radius 2 is 1.88 bits per heavy atom. The van der Waals surface area contributed by atoms with Crippen LogP contribution in [0.3, 0.4) is 0 Å². The first-order chi connectivity index (χ1) is 11.5. The lowest BCUT2D eigenvalue weighted by atomic mass is 10.1. The average molecular weight is 326 g/mol. The van der Waals surface area contributed by atoms with E-state index in [0.717, 1.165) is 5.56 Å². The Morgan fingerprint density at radius 1 is 1.12 bits per heavy atom. The molecule has 0 spiro atoms. The van der Waals surface area contributed by atoms with Gasteiger partial charge in [-0.15, -0.1) is 0 Å². The van der Waals surface area contributed by atoms with Gasteiger partial charge in [0.2, 0.25) is 0 Å². The van der Waals surface area contributed by atoms with Crippen LogP contribution in [0.2, 0.25) is 0 Å². The van der Waals surface area contributed by atoms with Crippen molar-refractivity contribution < 1.29 is 14.3 Å². The molecule has 0 aliphatic heterocycles. The summed E-state index contributed by atoms with van der Waals surface area (Å²) in [5, 5.41) is 5.36. The number of rotatable bonds is 6. The molecule has 1 atom stereocenters. The van der Waals surface area contributed by atoms with Gasteiger partial charge in [-0.3, -0.25) is 9.59 Å². The highest BCUT2D eigenvalue weighted by molar-refractivity contribution is 5.98. The van der Waals surface area contributed by atoms with Crippen molar-refractivity contribution in [3.63, 3.8) is 0 Å². The Kier molecular flexibility index (Phi) is 5.95. The first-order valence-electron chi connectivity index (χ1n) is 7.89. The summed E-state index contributed by atoms with van der Waals surface area (Å²) in [5.74, 6) is 0.221. The van der Waals surface area contributed by atoms with Gasteiger partial charge in [-0.1, -0.05) is 25.1 Å². The number of amides is 2. The van der Waals surface area contributed by atoms with Gasteiger partial charge in [0.25, 0.3) is 11.8 Å². The minimum absolute atomic E-state index is 0.200. The van der Waals surface area contributed by atoms with Crippen LogP contribution in [0.4, 0.5) is 5.69 Å². The number of benzene rings is 2. The van der Waals surface area contributed by atoms with Crippen molar-refractivity contribution in [2.75, 3.05) is 12.4 Å². The monoisotopic (exact) mass is 326 g/mol. The van der Waals surface area contributed by atoms with Gasteiger partial charge in [0.1, 0.15) is 5.75 Å². The molecule has 0 aromatic heterocycles. The molecule has 24 heavy (non-hydrogen) atoms. The second-order valence-electron chi connectivity index (χ2n) is 5.48. The third-order valence-corrected chi connectivity index (χ3v) is 3.55. The van der Waals surface area contributed by atoms with Gasteiger partial charge in [0.15, 0.2) is 6.10 Å². The van der Waals surface area contributed by atoms with Crippen LogP contribution >= 0.6 is 0 Å². The fourth-order valence-electron chi connectivity index (χ4n) is 2.28. The summed E-state index contributed by atoms with van der Waals surface area (Å²) >= 11 is 0. The third kappa shape index (κ3) is 4.59. The van der Waals surface area contributed by atoms with Crippen LogP contribution in [-0.2, 0) is 4.79 Å². The lowest BCUT2D eigenvalue weighted by Crippen LogP contribution is -2.32. The van der Waals surface area contributed by atoms with E-state index in [2.05, 4.69) is 10.6 Å². The molecule has 0 bridgehead atoms. The summed E-state index contributed by atoms with van der Waals surface area (Å²) in [6, 6.07) is 14.4. The van der Waals surface area contributed by atoms with Gasteiger partial charge in [0, 0.05) is 18.3 Å². The molecule has 0 saturated heterocycles. The summed E-state index contributed by atoms with van der Waals surface area (Å²) < 4.78 is 5.79. The maximum absolute atomic E-state index is 12.4. The molecule has 5 nitrogen and oxygen atoms in total. The predicted octanol–water partition coefficient (Wildman–Crippen LogP) is 3.15. The lowest BCUT2D eigenvalue weighted by molar-refractivity contribution is -0.122. The van der Waals surface area contributed by atoms with E-state index < -0.39 is 6.10 Å². The number of carbonyl (C=O) groups excluding carboxylic acids is 2. The van der Waals surface area contributed by atoms with E-state index in [1.54, 1.807) is 31.3 Å². The zero-order valence-electron chi connectivity index (χ0n) is 14.1. The molecule has 0 saturated carbocycles. The van der Waals surface area contributed by atoms with Gasteiger partial charge in [0.05, 0.1) is 0 Å². The van der Waals surface area contributed by atoms with E-state index in [9.17, 15) is 9.59 Å². The summed E-state index contributed by atoms with van der Waals surface area (Å²) in [5.41, 5.74) is 2.12. The van der Waals surface area contributed by atoms with Crippen molar-refractivity contribution in [2.24, 2.45) is 0 Å². The molecule has 0 radical (unpaired) electrons. The van der Waals surface area contributed by atoms with Crippen molar-refractivity contribution in [1.29, 1.82) is 0 Å². The highest BCUT2D eigenvalue weighted by Crippen LogP contribution is 2.17. The molecule has 0 heterocycles. The van der Waals surface area contributed by atoms with Crippen molar-refractivity contribution in [2.45, 2.75) is 26.4 Å². The highest BCUT2D eigenvalue weighted by atomic mass is 16.5. The first-order valence-corrected chi connectivity index (χ1v) is 7.89. The molecule has 0 aliphatic carbocycles. The Morgan fingerprint density at radius 3 is 2.54 bits per heavy atom. The third-order valence-electron chi connectivity index (χ3n) is 3.55. The number of carbonyl (C=O) groups is 2. The molecule has 2 aromatic carbocycles. The average Bonchev–Trinajstić information content (AvgIpc) is 2.59. The topological polar surface area (TPSA) is 67.4 Å². The standard InChI is InChI=1S/C19H22N2O3/c1-4-17(24-16-10-5-7-13(2)11-16)19(23)21-15-9-6-8-14(12-15)18(22)20-3/h5-12,17H,4H2,1-3H3,(H,20,22)(H,21,23). The first kappa shape index (κ1) is 17.5. The molecule has 2 amide bonds. The van der Waals surface area contributed by atoms with Crippen molar-refractivity contribution in [1.82, 2.24) is 5.32 Å². The van der Waals surface area contributed by atoms with E-state index >= 15 is 0 Å². The van der Waals surface area contributed by atoms with Gasteiger partial charge in [-0.2, -0.15) is 0 Å². The van der Waals surface area contributed by atoms with Crippen molar-refractivity contribution >= 4 is 17.5 Å². The molecule has 1 unspecified atom stereocenters. The van der Waals surface area contributed by atoms with E-state index in [1.807, 2.05) is 38.1 Å². The second-order valence-corrected chi connectivity index (χ2v) is 5.48. The van der Waals surface area contributed by atoms with Crippen LogP contribution < -0.4 is 15.4 Å². The molecule has 126 valence electrons. The lowest BCUT2D eigenvalue weighted by Gasteiger charge is -2.18. The van der Waals surface area contributed by atoms with Gasteiger partial charge in [-0.05, 0) is 49.2 Å². The fraction of sp³-hybridized carbons (Fsp3) is 0.263. The Balaban J connectivity index is 2.08. The molecular weight excluding hydrogens is 304 g/mol. The van der Waals surface area contributed by atoms with Crippen LogP contribution in [0, 0.1) is 6.92 Å². The molecule has 2 N–H and O–H groups in total. The summed E-state index contributed by atoms with van der Waals surface area (Å²) in [7, 11) is 1.57. The number of hydrogen-bond donors (Lipinski definition) is 2. The second kappa shape index (κ2) is 8.15. The van der Waals surface area contributed by atoms with Crippen LogP contribution in [-0.4, -0.2) is 25.0 Å². The predicted molar refractivity (Wildman–Crippen MR) is 94.3 cm³/mol. The molecule has 2 rings (SSSR count). The Labute approximate surface area is 142 Å². The Hall–Kier alpha value is -2.82. The van der Waals surface area contributed by atoms with Crippen LogP contribution in [0.15, 0.2) is 48.5 Å². The van der Waals surface area contributed by atoms with E-state index in [1.165, 1.54) is 0 Å². The van der Waals surface area contributed by atoms with E-state index in [4.69, 9.17) is 4.74 Å². The smallest absolute Gasteiger partial charge is 0.265 e. The molecular formula is C19H22N2O3. The summed E-state index contributed by atoms with van der Waals surface area (Å²) in [4.78, 5) is 24.1. The summed E-state index contributed by atoms with van der Waals surface area (Å²) in [6.07, 6.45) is -0.0648. The molecule has 0 fully saturated rings. The molecule has 5 heteroatoms. The van der Waals surface area contributed by atoms with Crippen molar-refractivity contribution in [3.05, 3.63) is 59.7 Å². The largest absolute Gasteiger partial charge is 0.481 e. The number of hydrogen-bond acceptors (Lipinski definition) is 3.